The molecule has 0 aliphatic heterocycles. The molecule has 1 aromatic heterocycles. The van der Waals surface area contributed by atoms with Gasteiger partial charge in [-0.2, -0.15) is 0 Å². The predicted octanol–water partition coefficient (Wildman–Crippen LogP) is 1.26. The smallest absolute Gasteiger partial charge is 0.223 e. The van der Waals surface area contributed by atoms with Crippen molar-refractivity contribution in [3.05, 3.63) is 17.3 Å². The molecule has 4 N–H and O–H groups in total. The zero-order valence-electron chi connectivity index (χ0n) is 9.37. The molecule has 1 aliphatic carbocycles. The number of hydrogen-bond acceptors (Lipinski definition) is 4. The van der Waals surface area contributed by atoms with Gasteiger partial charge in [-0.05, 0) is 25.0 Å². The molecule has 0 atom stereocenters. The number of nitrogen functional groups attached to an aromatic ring is 1. The molecule has 2 rings (SSSR count). The van der Waals surface area contributed by atoms with Gasteiger partial charge in [-0.15, -0.1) is 0 Å². The van der Waals surface area contributed by atoms with Crippen LogP contribution in [0.25, 0.3) is 0 Å². The number of nitrogens with one attached hydrogen (secondary N) is 2. The Kier molecular flexibility index (Phi) is 3.68. The number of amides is 1. The largest absolute Gasteiger partial charge is 0.396 e. The van der Waals surface area contributed by atoms with Gasteiger partial charge in [0.05, 0.1) is 5.69 Å². The summed E-state index contributed by atoms with van der Waals surface area (Å²) in [5.74, 6) is 0.932. The highest BCUT2D eigenvalue weighted by atomic mass is 35.5. The Morgan fingerprint density at radius 1 is 1.47 bits per heavy atom. The van der Waals surface area contributed by atoms with Gasteiger partial charge in [0.25, 0.3) is 0 Å². The second-order valence-electron chi connectivity index (χ2n) is 4.06. The first-order valence-corrected chi connectivity index (χ1v) is 5.98. The minimum atomic E-state index is 0.138. The van der Waals surface area contributed by atoms with Gasteiger partial charge in [-0.25, -0.2) is 4.98 Å². The molecule has 1 saturated carbocycles. The van der Waals surface area contributed by atoms with E-state index in [-0.39, 0.29) is 11.8 Å². The van der Waals surface area contributed by atoms with Gasteiger partial charge in [0.1, 0.15) is 5.15 Å². The van der Waals surface area contributed by atoms with Crippen LogP contribution < -0.4 is 16.4 Å². The average molecular weight is 255 g/mol. The van der Waals surface area contributed by atoms with E-state index in [1.165, 1.54) is 0 Å². The zero-order chi connectivity index (χ0) is 12.3. The molecule has 1 aliphatic rings. The molecule has 5 nitrogen and oxygen atoms in total. The summed E-state index contributed by atoms with van der Waals surface area (Å²) in [6.45, 7) is 1.14. The van der Waals surface area contributed by atoms with Gasteiger partial charge in [0, 0.05) is 19.0 Å². The molecular weight excluding hydrogens is 240 g/mol. The van der Waals surface area contributed by atoms with E-state index in [0.29, 0.717) is 29.7 Å². The fourth-order valence-corrected chi connectivity index (χ4v) is 1.59. The van der Waals surface area contributed by atoms with Gasteiger partial charge in [0.2, 0.25) is 5.91 Å². The third-order valence-electron chi connectivity index (χ3n) is 2.56. The van der Waals surface area contributed by atoms with Gasteiger partial charge in [-0.3, -0.25) is 4.79 Å². The molecule has 0 bridgehead atoms. The van der Waals surface area contributed by atoms with Crippen molar-refractivity contribution < 1.29 is 4.79 Å². The number of carbonyl (C=O) groups is 1. The number of anilines is 2. The molecule has 0 unspecified atom stereocenters. The molecule has 17 heavy (non-hydrogen) atoms. The molecule has 0 saturated heterocycles. The van der Waals surface area contributed by atoms with Crippen LogP contribution >= 0.6 is 11.6 Å². The van der Waals surface area contributed by atoms with Gasteiger partial charge in [0.15, 0.2) is 5.82 Å². The van der Waals surface area contributed by atoms with Crippen molar-refractivity contribution in [3.63, 3.8) is 0 Å². The Morgan fingerprint density at radius 3 is 2.94 bits per heavy atom. The second-order valence-corrected chi connectivity index (χ2v) is 4.45. The van der Waals surface area contributed by atoms with E-state index in [4.69, 9.17) is 17.3 Å². The Bertz CT molecular complexity index is 420. The molecule has 1 amide bonds. The van der Waals surface area contributed by atoms with Crippen LogP contribution in [0, 0.1) is 5.92 Å². The van der Waals surface area contributed by atoms with Crippen molar-refractivity contribution in [2.75, 3.05) is 24.1 Å². The standard InChI is InChI=1S/C11H15ClN4O/c12-9-4-3-8(13)10(16-9)14-5-6-15-11(17)7-1-2-7/h3-4,7H,1-2,5-6,13H2,(H,14,16)(H,15,17). The Labute approximate surface area is 105 Å². The number of aromatic nitrogens is 1. The quantitative estimate of drug-likeness (QED) is 0.546. The van der Waals surface area contributed by atoms with Crippen LogP contribution in [0.5, 0.6) is 0 Å². The molecule has 0 radical (unpaired) electrons. The van der Waals surface area contributed by atoms with Crippen LogP contribution in [-0.2, 0) is 4.79 Å². The first-order chi connectivity index (χ1) is 8.16. The van der Waals surface area contributed by atoms with Crippen molar-refractivity contribution >= 4 is 29.0 Å². The van der Waals surface area contributed by atoms with E-state index < -0.39 is 0 Å². The van der Waals surface area contributed by atoms with Gasteiger partial charge >= 0.3 is 0 Å². The number of nitrogens with zero attached hydrogens (tertiary/aromatic N) is 1. The van der Waals surface area contributed by atoms with Crippen LogP contribution in [-0.4, -0.2) is 24.0 Å². The van der Waals surface area contributed by atoms with Gasteiger partial charge in [-0.1, -0.05) is 11.6 Å². The lowest BCUT2D eigenvalue weighted by molar-refractivity contribution is -0.122. The summed E-state index contributed by atoms with van der Waals surface area (Å²) in [6, 6.07) is 3.33. The highest BCUT2D eigenvalue weighted by Gasteiger charge is 2.28. The minimum Gasteiger partial charge on any atom is -0.396 e. The molecule has 0 spiro atoms. The summed E-state index contributed by atoms with van der Waals surface area (Å²) in [5, 5.41) is 6.27. The minimum absolute atomic E-state index is 0.138. The van der Waals surface area contributed by atoms with E-state index in [2.05, 4.69) is 15.6 Å². The van der Waals surface area contributed by atoms with Crippen molar-refractivity contribution in [1.82, 2.24) is 10.3 Å². The van der Waals surface area contributed by atoms with E-state index >= 15 is 0 Å². The maximum Gasteiger partial charge on any atom is 0.223 e. The SMILES string of the molecule is Nc1ccc(Cl)nc1NCCNC(=O)C1CC1. The molecule has 1 heterocycles. The molecule has 6 heteroatoms. The third kappa shape index (κ3) is 3.49. The van der Waals surface area contributed by atoms with Crippen LogP contribution in [0.15, 0.2) is 12.1 Å². The summed E-state index contributed by atoms with van der Waals surface area (Å²) < 4.78 is 0. The van der Waals surface area contributed by atoms with Crippen molar-refractivity contribution in [1.29, 1.82) is 0 Å². The normalized spacial score (nSPS) is 14.4. The van der Waals surface area contributed by atoms with Crippen molar-refractivity contribution in [2.45, 2.75) is 12.8 Å². The fourth-order valence-electron chi connectivity index (χ4n) is 1.44. The summed E-state index contributed by atoms with van der Waals surface area (Å²) in [6.07, 6.45) is 2.03. The number of hydrogen-bond donors (Lipinski definition) is 3. The van der Waals surface area contributed by atoms with E-state index in [1.807, 2.05) is 0 Å². The van der Waals surface area contributed by atoms with Crippen LogP contribution in [0.3, 0.4) is 0 Å². The Hall–Kier alpha value is -1.49. The molecule has 0 aromatic carbocycles. The summed E-state index contributed by atoms with van der Waals surface area (Å²) in [5.41, 5.74) is 6.26. The first kappa shape index (κ1) is 12.0. The maximum atomic E-state index is 11.3. The Morgan fingerprint density at radius 2 is 2.24 bits per heavy atom. The molecular formula is C11H15ClN4O. The zero-order valence-corrected chi connectivity index (χ0v) is 10.1. The van der Waals surface area contributed by atoms with E-state index in [0.717, 1.165) is 12.8 Å². The van der Waals surface area contributed by atoms with E-state index in [1.54, 1.807) is 12.1 Å². The lowest BCUT2D eigenvalue weighted by Gasteiger charge is -2.09. The predicted molar refractivity (Wildman–Crippen MR) is 67.9 cm³/mol. The van der Waals surface area contributed by atoms with Gasteiger partial charge < -0.3 is 16.4 Å². The molecule has 92 valence electrons. The lowest BCUT2D eigenvalue weighted by Crippen LogP contribution is -2.30. The number of nitrogens with two attached hydrogens (primary N) is 1. The molecule has 1 aromatic rings. The average Bonchev–Trinajstić information content (AvgIpc) is 3.12. The highest BCUT2D eigenvalue weighted by Crippen LogP contribution is 2.28. The van der Waals surface area contributed by atoms with Crippen molar-refractivity contribution in [3.8, 4) is 0 Å². The number of carbonyl (C=O) groups excluding carboxylic acids is 1. The topological polar surface area (TPSA) is 80.0 Å². The van der Waals surface area contributed by atoms with Crippen LogP contribution in [0.1, 0.15) is 12.8 Å². The summed E-state index contributed by atoms with van der Waals surface area (Å²) in [7, 11) is 0. The summed E-state index contributed by atoms with van der Waals surface area (Å²) >= 11 is 5.75. The highest BCUT2D eigenvalue weighted by molar-refractivity contribution is 6.29. The second kappa shape index (κ2) is 5.23. The monoisotopic (exact) mass is 254 g/mol. The molecule has 1 fully saturated rings. The van der Waals surface area contributed by atoms with Crippen LogP contribution in [0.2, 0.25) is 5.15 Å². The fraction of sp³-hybridized carbons (Fsp3) is 0.455. The number of rotatable bonds is 5. The number of pyridine rings is 1. The van der Waals surface area contributed by atoms with Crippen molar-refractivity contribution in [2.24, 2.45) is 5.92 Å². The third-order valence-corrected chi connectivity index (χ3v) is 2.77. The maximum absolute atomic E-state index is 11.3. The number of halogens is 1. The Balaban J connectivity index is 1.73. The van der Waals surface area contributed by atoms with E-state index in [9.17, 15) is 4.79 Å². The first-order valence-electron chi connectivity index (χ1n) is 5.60. The lowest BCUT2D eigenvalue weighted by atomic mass is 10.4. The summed E-state index contributed by atoms with van der Waals surface area (Å²) in [4.78, 5) is 15.4. The van der Waals surface area contributed by atoms with Crippen LogP contribution in [0.4, 0.5) is 11.5 Å².